The van der Waals surface area contributed by atoms with Crippen LogP contribution in [0, 0.1) is 0 Å². The lowest BCUT2D eigenvalue weighted by Gasteiger charge is -2.16. The van der Waals surface area contributed by atoms with Crippen molar-refractivity contribution in [1.82, 2.24) is 20.2 Å². The summed E-state index contributed by atoms with van der Waals surface area (Å²) in [6.07, 6.45) is 6.60. The summed E-state index contributed by atoms with van der Waals surface area (Å²) < 4.78 is 2.04. The standard InChI is InChI=1S/C15H22ClN5/c1-3-13(4-2)21-8-6-12(20-21)10-14(19-17)11-5-7-18-15(16)9-11/h5-9,13-14,19H,3-4,10,17H2,1-2H3. The zero-order valence-corrected chi connectivity index (χ0v) is 13.2. The number of nitrogens with one attached hydrogen (secondary N) is 1. The summed E-state index contributed by atoms with van der Waals surface area (Å²) >= 11 is 5.93. The van der Waals surface area contributed by atoms with Gasteiger partial charge in [-0.05, 0) is 36.6 Å². The highest BCUT2D eigenvalue weighted by Gasteiger charge is 2.14. The van der Waals surface area contributed by atoms with Gasteiger partial charge in [0.2, 0.25) is 0 Å². The molecule has 1 atom stereocenters. The van der Waals surface area contributed by atoms with Crippen molar-refractivity contribution in [3.05, 3.63) is 47.0 Å². The Hall–Kier alpha value is -1.43. The summed E-state index contributed by atoms with van der Waals surface area (Å²) in [6, 6.07) is 6.21. The van der Waals surface area contributed by atoms with Crippen LogP contribution in [0.25, 0.3) is 0 Å². The van der Waals surface area contributed by atoms with Gasteiger partial charge in [-0.1, -0.05) is 25.4 Å². The van der Waals surface area contributed by atoms with Crippen molar-refractivity contribution in [3.8, 4) is 0 Å². The fourth-order valence-electron chi connectivity index (χ4n) is 2.47. The third-order valence-electron chi connectivity index (χ3n) is 3.75. The van der Waals surface area contributed by atoms with Crippen LogP contribution in [0.3, 0.4) is 0 Å². The Morgan fingerprint density at radius 2 is 2.10 bits per heavy atom. The number of halogens is 1. The summed E-state index contributed by atoms with van der Waals surface area (Å²) in [5, 5.41) is 5.13. The van der Waals surface area contributed by atoms with Crippen LogP contribution in [0.4, 0.5) is 0 Å². The maximum Gasteiger partial charge on any atom is 0.129 e. The SMILES string of the molecule is CCC(CC)n1ccc(CC(NN)c2ccnc(Cl)c2)n1. The molecule has 114 valence electrons. The predicted octanol–water partition coefficient (Wildman–Crippen LogP) is 3.04. The molecular weight excluding hydrogens is 286 g/mol. The lowest BCUT2D eigenvalue weighted by Crippen LogP contribution is -2.29. The van der Waals surface area contributed by atoms with Crippen LogP contribution < -0.4 is 11.3 Å². The van der Waals surface area contributed by atoms with Gasteiger partial charge in [0.05, 0.1) is 17.8 Å². The van der Waals surface area contributed by atoms with Crippen LogP contribution >= 0.6 is 11.6 Å². The van der Waals surface area contributed by atoms with Gasteiger partial charge in [-0.2, -0.15) is 5.10 Å². The van der Waals surface area contributed by atoms with Crippen LogP contribution in [0.2, 0.25) is 5.15 Å². The normalized spacial score (nSPS) is 12.8. The van der Waals surface area contributed by atoms with E-state index in [9.17, 15) is 0 Å². The number of nitrogens with two attached hydrogens (primary N) is 1. The molecule has 3 N–H and O–H groups in total. The number of pyridine rings is 1. The molecule has 0 saturated carbocycles. The minimum Gasteiger partial charge on any atom is -0.271 e. The number of nitrogens with zero attached hydrogens (tertiary/aromatic N) is 3. The van der Waals surface area contributed by atoms with Gasteiger partial charge in [0, 0.05) is 18.8 Å². The van der Waals surface area contributed by atoms with Crippen LogP contribution in [-0.4, -0.2) is 14.8 Å². The van der Waals surface area contributed by atoms with E-state index in [4.69, 9.17) is 17.4 Å². The molecule has 0 radical (unpaired) electrons. The van der Waals surface area contributed by atoms with Gasteiger partial charge in [-0.25, -0.2) is 4.98 Å². The first-order valence-corrected chi connectivity index (χ1v) is 7.67. The van der Waals surface area contributed by atoms with E-state index < -0.39 is 0 Å². The number of hydrogen-bond donors (Lipinski definition) is 2. The fourth-order valence-corrected chi connectivity index (χ4v) is 2.65. The highest BCUT2D eigenvalue weighted by atomic mass is 35.5. The van der Waals surface area contributed by atoms with E-state index in [0.29, 0.717) is 17.6 Å². The van der Waals surface area contributed by atoms with Gasteiger partial charge in [0.15, 0.2) is 0 Å². The molecular formula is C15H22ClN5. The Morgan fingerprint density at radius 1 is 1.33 bits per heavy atom. The van der Waals surface area contributed by atoms with E-state index in [-0.39, 0.29) is 6.04 Å². The Labute approximate surface area is 130 Å². The van der Waals surface area contributed by atoms with Crippen molar-refractivity contribution in [3.63, 3.8) is 0 Å². The minimum absolute atomic E-state index is 0.0319. The monoisotopic (exact) mass is 307 g/mol. The van der Waals surface area contributed by atoms with Crippen molar-refractivity contribution in [1.29, 1.82) is 0 Å². The number of rotatable bonds is 7. The second-order valence-electron chi connectivity index (χ2n) is 5.09. The summed E-state index contributed by atoms with van der Waals surface area (Å²) in [6.45, 7) is 4.36. The molecule has 2 heterocycles. The number of hydrogen-bond acceptors (Lipinski definition) is 4. The molecule has 0 aliphatic rings. The largest absolute Gasteiger partial charge is 0.271 e. The molecule has 2 aromatic rings. The second-order valence-corrected chi connectivity index (χ2v) is 5.48. The van der Waals surface area contributed by atoms with Crippen LogP contribution in [-0.2, 0) is 6.42 Å². The van der Waals surface area contributed by atoms with Crippen LogP contribution in [0.5, 0.6) is 0 Å². The Morgan fingerprint density at radius 3 is 2.71 bits per heavy atom. The smallest absolute Gasteiger partial charge is 0.129 e. The molecule has 0 aliphatic heterocycles. The first-order chi connectivity index (χ1) is 10.2. The molecule has 2 rings (SSSR count). The van der Waals surface area contributed by atoms with E-state index in [1.165, 1.54) is 0 Å². The van der Waals surface area contributed by atoms with Gasteiger partial charge < -0.3 is 0 Å². The zero-order valence-electron chi connectivity index (χ0n) is 12.5. The first-order valence-electron chi connectivity index (χ1n) is 7.29. The molecule has 0 spiro atoms. The quantitative estimate of drug-likeness (QED) is 0.469. The lowest BCUT2D eigenvalue weighted by atomic mass is 10.0. The van der Waals surface area contributed by atoms with Crippen molar-refractivity contribution in [2.45, 2.75) is 45.2 Å². The predicted molar refractivity (Wildman–Crippen MR) is 84.9 cm³/mol. The molecule has 0 aromatic carbocycles. The van der Waals surface area contributed by atoms with Crippen molar-refractivity contribution in [2.24, 2.45) is 5.84 Å². The van der Waals surface area contributed by atoms with Crippen molar-refractivity contribution >= 4 is 11.6 Å². The Kier molecular flexibility index (Phi) is 5.73. The molecule has 0 fully saturated rings. The molecule has 21 heavy (non-hydrogen) atoms. The molecule has 0 amide bonds. The molecule has 5 nitrogen and oxygen atoms in total. The van der Waals surface area contributed by atoms with Gasteiger partial charge in [0.25, 0.3) is 0 Å². The highest BCUT2D eigenvalue weighted by molar-refractivity contribution is 6.29. The third-order valence-corrected chi connectivity index (χ3v) is 3.95. The summed E-state index contributed by atoms with van der Waals surface area (Å²) in [5.41, 5.74) is 4.85. The number of aromatic nitrogens is 3. The topological polar surface area (TPSA) is 68.8 Å². The Bertz CT molecular complexity index is 565. The molecule has 0 saturated heterocycles. The molecule has 1 unspecified atom stereocenters. The molecule has 0 aliphatic carbocycles. The van der Waals surface area contributed by atoms with E-state index in [0.717, 1.165) is 24.1 Å². The van der Waals surface area contributed by atoms with Gasteiger partial charge in [-0.15, -0.1) is 0 Å². The van der Waals surface area contributed by atoms with Gasteiger partial charge in [0.1, 0.15) is 5.15 Å². The van der Waals surface area contributed by atoms with Crippen molar-refractivity contribution in [2.75, 3.05) is 0 Å². The van der Waals surface area contributed by atoms with E-state index in [2.05, 4.69) is 29.4 Å². The average Bonchev–Trinajstić information content (AvgIpc) is 2.94. The summed E-state index contributed by atoms with van der Waals surface area (Å²) in [4.78, 5) is 3.99. The highest BCUT2D eigenvalue weighted by Crippen LogP contribution is 2.20. The average molecular weight is 308 g/mol. The minimum atomic E-state index is -0.0319. The van der Waals surface area contributed by atoms with Crippen LogP contribution in [0.15, 0.2) is 30.6 Å². The Balaban J connectivity index is 2.12. The van der Waals surface area contributed by atoms with Crippen molar-refractivity contribution < 1.29 is 0 Å². The number of hydrazine groups is 1. The third kappa shape index (κ3) is 4.03. The fraction of sp³-hybridized carbons (Fsp3) is 0.467. The zero-order chi connectivity index (χ0) is 15.2. The first kappa shape index (κ1) is 15.9. The van der Waals surface area contributed by atoms with E-state index in [1.807, 2.05) is 29.1 Å². The maximum atomic E-state index is 5.93. The summed E-state index contributed by atoms with van der Waals surface area (Å²) in [7, 11) is 0. The van der Waals surface area contributed by atoms with Crippen LogP contribution in [0.1, 0.15) is 50.0 Å². The second kappa shape index (κ2) is 7.54. The summed E-state index contributed by atoms with van der Waals surface area (Å²) in [5.74, 6) is 5.67. The van der Waals surface area contributed by atoms with E-state index >= 15 is 0 Å². The molecule has 0 bridgehead atoms. The molecule has 6 heteroatoms. The molecule has 2 aromatic heterocycles. The maximum absolute atomic E-state index is 5.93. The lowest BCUT2D eigenvalue weighted by molar-refractivity contribution is 0.422. The van der Waals surface area contributed by atoms with Gasteiger partial charge in [-0.3, -0.25) is 16.0 Å². The van der Waals surface area contributed by atoms with E-state index in [1.54, 1.807) is 6.20 Å². The van der Waals surface area contributed by atoms with Gasteiger partial charge >= 0.3 is 0 Å².